The van der Waals surface area contributed by atoms with E-state index in [-0.39, 0.29) is 10.3 Å². The number of aldehydes is 1. The fraction of sp³-hybridized carbons (Fsp3) is 0.237. The van der Waals surface area contributed by atoms with Crippen molar-refractivity contribution < 1.29 is 4.79 Å². The number of pyridine rings is 3. The molecule has 53 heavy (non-hydrogen) atoms. The second kappa shape index (κ2) is 19.8. The number of para-hydroxylation sites is 4. The first-order chi connectivity index (χ1) is 25.6. The summed E-state index contributed by atoms with van der Waals surface area (Å²) in [5.41, 5.74) is 11.3. The zero-order chi connectivity index (χ0) is 38.3. The minimum atomic E-state index is 0.141. The first-order valence-corrected chi connectivity index (χ1v) is 17.3. The Balaban J connectivity index is 0.000000185. The van der Waals surface area contributed by atoms with Crippen molar-refractivity contribution in [3.8, 4) is 12.1 Å². The number of benzene rings is 2. The number of rotatable bonds is 8. The van der Waals surface area contributed by atoms with Crippen molar-refractivity contribution >= 4 is 74.1 Å². The van der Waals surface area contributed by atoms with Crippen molar-refractivity contribution in [1.82, 2.24) is 39.1 Å². The van der Waals surface area contributed by atoms with E-state index in [0.29, 0.717) is 29.5 Å². The number of nitriles is 2. The molecule has 5 heterocycles. The van der Waals surface area contributed by atoms with Crippen molar-refractivity contribution in [2.24, 2.45) is 5.73 Å². The van der Waals surface area contributed by atoms with Crippen molar-refractivity contribution in [1.29, 1.82) is 10.5 Å². The highest BCUT2D eigenvalue weighted by atomic mass is 35.5. The Labute approximate surface area is 317 Å². The van der Waals surface area contributed by atoms with E-state index in [1.54, 1.807) is 0 Å². The summed E-state index contributed by atoms with van der Waals surface area (Å²) in [6, 6.07) is 28.8. The van der Waals surface area contributed by atoms with Crippen LogP contribution < -0.4 is 11.1 Å². The number of nitrogens with two attached hydrogens (primary N) is 1. The summed E-state index contributed by atoms with van der Waals surface area (Å²) in [4.78, 5) is 34.7. The van der Waals surface area contributed by atoms with E-state index < -0.39 is 0 Å². The molecule has 0 bridgehead atoms. The van der Waals surface area contributed by atoms with Crippen LogP contribution in [-0.4, -0.2) is 99.8 Å². The molecule has 15 heteroatoms. The van der Waals surface area contributed by atoms with Crippen molar-refractivity contribution in [2.75, 3.05) is 59.7 Å². The maximum absolute atomic E-state index is 10.2. The summed E-state index contributed by atoms with van der Waals surface area (Å²) in [6.45, 7) is 3.49. The van der Waals surface area contributed by atoms with Gasteiger partial charge in [-0.1, -0.05) is 47.5 Å². The number of nitrogens with one attached hydrogen (secondary N) is 2. The van der Waals surface area contributed by atoms with E-state index in [1.807, 2.05) is 99.3 Å². The van der Waals surface area contributed by atoms with Gasteiger partial charge in [-0.05, 0) is 82.8 Å². The molecule has 5 aromatic heterocycles. The van der Waals surface area contributed by atoms with Gasteiger partial charge in [0.15, 0.2) is 11.9 Å². The fourth-order valence-corrected chi connectivity index (χ4v) is 5.30. The van der Waals surface area contributed by atoms with Gasteiger partial charge in [-0.2, -0.15) is 10.5 Å². The fourth-order valence-electron chi connectivity index (χ4n) is 4.91. The van der Waals surface area contributed by atoms with Gasteiger partial charge in [0, 0.05) is 31.6 Å². The number of nitrogens with zero attached hydrogens (tertiary/aromatic N) is 9. The number of aromatic nitrogens is 6. The molecule has 0 aliphatic rings. The van der Waals surface area contributed by atoms with Gasteiger partial charge in [0.25, 0.3) is 0 Å². The average molecular weight is 752 g/mol. The molecule has 0 radical (unpaired) electrons. The summed E-state index contributed by atoms with van der Waals surface area (Å²) >= 11 is 11.0. The van der Waals surface area contributed by atoms with Crippen LogP contribution in [0.2, 0.25) is 10.3 Å². The average Bonchev–Trinajstić information content (AvgIpc) is 3.74. The summed E-state index contributed by atoms with van der Waals surface area (Å²) in [5.74, 6) is 1.55. The molecule has 0 atom stereocenters. The molecule has 0 fully saturated rings. The van der Waals surface area contributed by atoms with Gasteiger partial charge in [0.1, 0.15) is 33.7 Å². The normalized spacial score (nSPS) is 10.5. The Morgan fingerprint density at radius 1 is 0.868 bits per heavy atom. The summed E-state index contributed by atoms with van der Waals surface area (Å²) in [7, 11) is 8.10. The second-order valence-electron chi connectivity index (χ2n) is 12.0. The summed E-state index contributed by atoms with van der Waals surface area (Å²) in [5, 5.41) is 22.6. The molecule has 7 rings (SSSR count). The number of hydrogen-bond donors (Lipinski definition) is 3. The van der Waals surface area contributed by atoms with Crippen molar-refractivity contribution in [3.05, 3.63) is 106 Å². The number of carbonyl (C=O) groups is 1. The molecule has 0 saturated carbocycles. The largest absolute Gasteiger partial charge is 0.369 e. The van der Waals surface area contributed by atoms with E-state index in [1.165, 1.54) is 12.1 Å². The van der Waals surface area contributed by atoms with E-state index in [4.69, 9.17) is 39.2 Å². The first kappa shape index (κ1) is 40.1. The third-order valence-electron chi connectivity index (χ3n) is 7.44. The number of H-pyrrole nitrogens is 1. The van der Waals surface area contributed by atoms with Gasteiger partial charge in [0.2, 0.25) is 0 Å². The van der Waals surface area contributed by atoms with E-state index in [9.17, 15) is 10.1 Å². The molecule has 0 unspecified atom stereocenters. The molecular formula is C38H40Cl2N12O. The SMILES string of the molecule is CN(C)CCN.CN(C)CCNc1ccc2cc(C#N)c3nc4ccccc4n3c2n1.N#CCc1nc2ccccc2[nH]1.O=Cc1ccc(Cl)nc1Cl. The Morgan fingerprint density at radius 2 is 1.58 bits per heavy atom. The quantitative estimate of drug-likeness (QED) is 0.119. The maximum atomic E-state index is 10.2. The Kier molecular flexibility index (Phi) is 15.0. The number of halogens is 2. The topological polar surface area (TPSA) is 181 Å². The Morgan fingerprint density at radius 3 is 2.21 bits per heavy atom. The minimum Gasteiger partial charge on any atom is -0.369 e. The lowest BCUT2D eigenvalue weighted by Crippen LogP contribution is -2.21. The molecule has 7 aromatic rings. The molecule has 272 valence electrons. The van der Waals surface area contributed by atoms with Crippen LogP contribution in [0.4, 0.5) is 5.82 Å². The summed E-state index contributed by atoms with van der Waals surface area (Å²) < 4.78 is 1.97. The predicted octanol–water partition coefficient (Wildman–Crippen LogP) is 6.22. The predicted molar refractivity (Wildman–Crippen MR) is 212 cm³/mol. The van der Waals surface area contributed by atoms with Gasteiger partial charge in [0.05, 0.1) is 45.7 Å². The van der Waals surface area contributed by atoms with Gasteiger partial charge in [-0.15, -0.1) is 0 Å². The van der Waals surface area contributed by atoms with Crippen molar-refractivity contribution in [3.63, 3.8) is 0 Å². The van der Waals surface area contributed by atoms with Gasteiger partial charge >= 0.3 is 0 Å². The van der Waals surface area contributed by atoms with Crippen LogP contribution in [-0.2, 0) is 6.42 Å². The first-order valence-electron chi connectivity index (χ1n) is 16.5. The molecule has 13 nitrogen and oxygen atoms in total. The molecule has 0 spiro atoms. The molecule has 0 aliphatic heterocycles. The highest BCUT2D eigenvalue weighted by Gasteiger charge is 2.13. The highest BCUT2D eigenvalue weighted by molar-refractivity contribution is 6.33. The number of hydrogen-bond acceptors (Lipinski definition) is 11. The number of carbonyl (C=O) groups excluding carboxylic acids is 1. The lowest BCUT2D eigenvalue weighted by atomic mass is 10.2. The van der Waals surface area contributed by atoms with Crippen LogP contribution in [0.15, 0.2) is 78.9 Å². The van der Waals surface area contributed by atoms with Crippen LogP contribution in [0.25, 0.3) is 38.7 Å². The van der Waals surface area contributed by atoms with E-state index in [2.05, 4.69) is 47.2 Å². The molecule has 0 aliphatic carbocycles. The number of imidazole rings is 2. The van der Waals surface area contributed by atoms with Crippen LogP contribution in [0.1, 0.15) is 21.7 Å². The number of likely N-dealkylation sites (N-methyl/N-ethyl adjacent to an activating group) is 2. The molecular weight excluding hydrogens is 711 g/mol. The lowest BCUT2D eigenvalue weighted by molar-refractivity contribution is 0.112. The van der Waals surface area contributed by atoms with Gasteiger partial charge in [-0.3, -0.25) is 9.20 Å². The maximum Gasteiger partial charge on any atom is 0.157 e. The number of fused-ring (bicyclic) bond motifs is 6. The second-order valence-corrected chi connectivity index (χ2v) is 12.8. The van der Waals surface area contributed by atoms with Crippen LogP contribution in [0.5, 0.6) is 0 Å². The zero-order valence-electron chi connectivity index (χ0n) is 29.9. The standard InChI is InChI=1S/C19H18N6.C9H7N3.C6H3Cl2NO.C4H12N2/c1-24(2)10-9-21-17-8-7-13-11-14(12-20)19-22-15-5-3-4-6-16(15)25(19)18(13)23-17;10-6-5-9-11-7-3-1-2-4-8(7)12-9;7-5-2-1-4(3-10)6(8)9-5;1-6(2)4-3-5/h3-8,11H,9-10H2,1-2H3,(H,21,23);1-4H,5H2,(H,11,12);1-3H;3-5H2,1-2H3. The third-order valence-corrected chi connectivity index (χ3v) is 7.95. The molecule has 0 saturated heterocycles. The lowest BCUT2D eigenvalue weighted by Gasteiger charge is -2.12. The van der Waals surface area contributed by atoms with Gasteiger partial charge in [-0.25, -0.2) is 19.9 Å². The number of aromatic amines is 1. The Hall–Kier alpha value is -5.67. The summed E-state index contributed by atoms with van der Waals surface area (Å²) in [6.07, 6.45) is 0.973. The zero-order valence-corrected chi connectivity index (χ0v) is 31.4. The molecule has 0 amide bonds. The van der Waals surface area contributed by atoms with Crippen LogP contribution in [0, 0.1) is 22.7 Å². The van der Waals surface area contributed by atoms with Crippen LogP contribution >= 0.6 is 23.2 Å². The van der Waals surface area contributed by atoms with Crippen molar-refractivity contribution in [2.45, 2.75) is 6.42 Å². The van der Waals surface area contributed by atoms with Crippen LogP contribution in [0.3, 0.4) is 0 Å². The highest BCUT2D eigenvalue weighted by Crippen LogP contribution is 2.26. The van der Waals surface area contributed by atoms with E-state index in [0.717, 1.165) is 70.9 Å². The van der Waals surface area contributed by atoms with E-state index >= 15 is 0 Å². The molecule has 2 aromatic carbocycles. The monoisotopic (exact) mass is 750 g/mol. The number of anilines is 1. The third kappa shape index (κ3) is 11.2. The molecule has 4 N–H and O–H groups in total. The smallest absolute Gasteiger partial charge is 0.157 e. The minimum absolute atomic E-state index is 0.141. The Bertz CT molecular complexity index is 2340. The van der Waals surface area contributed by atoms with Gasteiger partial charge < -0.3 is 25.8 Å².